The second-order valence-electron chi connectivity index (χ2n) is 3.72. The normalized spacial score (nSPS) is 12.6. The minimum atomic E-state index is -4.50. The summed E-state index contributed by atoms with van der Waals surface area (Å²) in [5.41, 5.74) is -1.77. The van der Waals surface area contributed by atoms with Crippen LogP contribution in [0.3, 0.4) is 0 Å². The number of halogens is 5. The van der Waals surface area contributed by atoms with Crippen molar-refractivity contribution in [1.82, 2.24) is 9.97 Å². The van der Waals surface area contributed by atoms with Crippen molar-refractivity contribution in [2.75, 3.05) is 17.1 Å². The smallest absolute Gasteiger partial charge is 0.347 e. The molecule has 1 aromatic rings. The number of nitrogens with one attached hydrogen (secondary N) is 1. The number of hydrogen-bond donors (Lipinski definition) is 1. The van der Waals surface area contributed by atoms with Gasteiger partial charge in [-0.05, 0) is 13.0 Å². The summed E-state index contributed by atoms with van der Waals surface area (Å²) in [6.45, 7) is 1.66. The zero-order valence-electron chi connectivity index (χ0n) is 8.85. The minimum Gasteiger partial charge on any atom is -0.347 e. The van der Waals surface area contributed by atoms with Crippen molar-refractivity contribution in [2.24, 2.45) is 0 Å². The van der Waals surface area contributed by atoms with Gasteiger partial charge in [0.05, 0.1) is 5.54 Å². The standard InChI is InChI=1S/C9H10Cl2F3N3/c1-8(4-10,5-11)17-7-15-3-2-6(16-7)9(12,13)14/h2-3H,4-5H2,1H3,(H,15,16,17). The van der Waals surface area contributed by atoms with Gasteiger partial charge in [0.25, 0.3) is 0 Å². The average molecular weight is 288 g/mol. The Labute approximate surface area is 106 Å². The molecule has 0 radical (unpaired) electrons. The Morgan fingerprint density at radius 2 is 1.88 bits per heavy atom. The molecule has 1 heterocycles. The zero-order valence-corrected chi connectivity index (χ0v) is 10.4. The summed E-state index contributed by atoms with van der Waals surface area (Å²) in [5, 5.41) is 2.68. The third-order valence-corrected chi connectivity index (χ3v) is 3.13. The van der Waals surface area contributed by atoms with Crippen LogP contribution in [0.15, 0.2) is 12.3 Å². The van der Waals surface area contributed by atoms with E-state index < -0.39 is 17.4 Å². The third kappa shape index (κ3) is 3.89. The fourth-order valence-electron chi connectivity index (χ4n) is 0.949. The van der Waals surface area contributed by atoms with Crippen LogP contribution in [-0.2, 0) is 6.18 Å². The molecule has 0 aliphatic carbocycles. The van der Waals surface area contributed by atoms with Gasteiger partial charge in [0.15, 0.2) is 0 Å². The highest BCUT2D eigenvalue weighted by molar-refractivity contribution is 6.22. The quantitative estimate of drug-likeness (QED) is 0.865. The molecule has 96 valence electrons. The lowest BCUT2D eigenvalue weighted by Crippen LogP contribution is -2.39. The SMILES string of the molecule is CC(CCl)(CCl)Nc1nccc(C(F)(F)F)n1. The molecule has 0 bridgehead atoms. The van der Waals surface area contributed by atoms with Gasteiger partial charge in [0.2, 0.25) is 5.95 Å². The fourth-order valence-corrected chi connectivity index (χ4v) is 1.37. The predicted octanol–water partition coefficient (Wildman–Crippen LogP) is 3.14. The maximum absolute atomic E-state index is 12.4. The van der Waals surface area contributed by atoms with Gasteiger partial charge in [-0.1, -0.05) is 0 Å². The van der Waals surface area contributed by atoms with Crippen molar-refractivity contribution >= 4 is 29.2 Å². The molecule has 0 unspecified atom stereocenters. The largest absolute Gasteiger partial charge is 0.433 e. The summed E-state index contributed by atoms with van der Waals surface area (Å²) < 4.78 is 37.2. The van der Waals surface area contributed by atoms with Gasteiger partial charge in [-0.2, -0.15) is 13.2 Å². The fraction of sp³-hybridized carbons (Fsp3) is 0.556. The summed E-state index contributed by atoms with van der Waals surface area (Å²) >= 11 is 11.3. The van der Waals surface area contributed by atoms with E-state index in [1.165, 1.54) is 0 Å². The first-order valence-corrected chi connectivity index (χ1v) is 5.68. The lowest BCUT2D eigenvalue weighted by atomic mass is 10.1. The molecule has 0 aliphatic rings. The van der Waals surface area contributed by atoms with E-state index in [2.05, 4.69) is 15.3 Å². The van der Waals surface area contributed by atoms with E-state index in [9.17, 15) is 13.2 Å². The van der Waals surface area contributed by atoms with Crippen LogP contribution in [0, 0.1) is 0 Å². The first-order chi connectivity index (χ1) is 7.80. The Kier molecular flexibility index (Phi) is 4.43. The molecule has 1 rings (SSSR count). The molecule has 0 fully saturated rings. The number of alkyl halides is 5. The van der Waals surface area contributed by atoms with Crippen LogP contribution in [0.25, 0.3) is 0 Å². The molecule has 8 heteroatoms. The lowest BCUT2D eigenvalue weighted by molar-refractivity contribution is -0.141. The van der Waals surface area contributed by atoms with Crippen molar-refractivity contribution in [3.05, 3.63) is 18.0 Å². The molecular formula is C9H10Cl2F3N3. The van der Waals surface area contributed by atoms with E-state index in [-0.39, 0.29) is 17.7 Å². The highest BCUT2D eigenvalue weighted by Crippen LogP contribution is 2.28. The topological polar surface area (TPSA) is 37.8 Å². The summed E-state index contributed by atoms with van der Waals surface area (Å²) in [6, 6.07) is 0.796. The second-order valence-corrected chi connectivity index (χ2v) is 4.25. The van der Waals surface area contributed by atoms with Gasteiger partial charge in [-0.15, -0.1) is 23.2 Å². The van der Waals surface area contributed by atoms with Crippen molar-refractivity contribution in [2.45, 2.75) is 18.6 Å². The average Bonchev–Trinajstić information content (AvgIpc) is 2.28. The molecule has 0 aromatic carbocycles. The van der Waals surface area contributed by atoms with Crippen LogP contribution in [0.2, 0.25) is 0 Å². The van der Waals surface area contributed by atoms with Crippen molar-refractivity contribution in [1.29, 1.82) is 0 Å². The predicted molar refractivity (Wildman–Crippen MR) is 60.5 cm³/mol. The zero-order chi connectivity index (χ0) is 13.1. The molecule has 0 amide bonds. The van der Waals surface area contributed by atoms with Gasteiger partial charge < -0.3 is 5.32 Å². The molecule has 0 spiro atoms. The molecule has 3 nitrogen and oxygen atoms in total. The summed E-state index contributed by atoms with van der Waals surface area (Å²) in [7, 11) is 0. The molecule has 0 saturated carbocycles. The van der Waals surface area contributed by atoms with Crippen LogP contribution in [-0.4, -0.2) is 27.3 Å². The molecule has 0 aliphatic heterocycles. The number of hydrogen-bond acceptors (Lipinski definition) is 3. The monoisotopic (exact) mass is 287 g/mol. The molecular weight excluding hydrogens is 278 g/mol. The molecule has 1 N–H and O–H groups in total. The van der Waals surface area contributed by atoms with E-state index in [1.807, 2.05) is 0 Å². The number of anilines is 1. The van der Waals surface area contributed by atoms with Crippen LogP contribution in [0.1, 0.15) is 12.6 Å². The van der Waals surface area contributed by atoms with Crippen molar-refractivity contribution in [3.63, 3.8) is 0 Å². The summed E-state index contributed by atoms with van der Waals surface area (Å²) in [4.78, 5) is 7.05. The van der Waals surface area contributed by atoms with E-state index >= 15 is 0 Å². The number of nitrogens with zero attached hydrogens (tertiary/aromatic N) is 2. The second kappa shape index (κ2) is 5.27. The van der Waals surface area contributed by atoms with Crippen LogP contribution in [0.5, 0.6) is 0 Å². The maximum atomic E-state index is 12.4. The maximum Gasteiger partial charge on any atom is 0.433 e. The lowest BCUT2D eigenvalue weighted by Gasteiger charge is -2.25. The van der Waals surface area contributed by atoms with Gasteiger partial charge >= 0.3 is 6.18 Å². The van der Waals surface area contributed by atoms with Crippen LogP contribution < -0.4 is 5.32 Å². The Bertz CT molecular complexity index is 380. The van der Waals surface area contributed by atoms with Crippen molar-refractivity contribution < 1.29 is 13.2 Å². The van der Waals surface area contributed by atoms with E-state index in [1.54, 1.807) is 6.92 Å². The summed E-state index contributed by atoms with van der Waals surface area (Å²) in [5.74, 6) is 0.0929. The highest BCUT2D eigenvalue weighted by Gasteiger charge is 2.33. The Morgan fingerprint density at radius 1 is 1.29 bits per heavy atom. The Morgan fingerprint density at radius 3 is 2.35 bits per heavy atom. The van der Waals surface area contributed by atoms with E-state index in [0.29, 0.717) is 0 Å². The first-order valence-electron chi connectivity index (χ1n) is 4.61. The van der Waals surface area contributed by atoms with E-state index in [4.69, 9.17) is 23.2 Å². The number of aromatic nitrogens is 2. The number of rotatable bonds is 4. The molecule has 1 aromatic heterocycles. The van der Waals surface area contributed by atoms with Crippen molar-refractivity contribution in [3.8, 4) is 0 Å². The van der Waals surface area contributed by atoms with Gasteiger partial charge in [0, 0.05) is 18.0 Å². The first kappa shape index (κ1) is 14.3. The molecule has 0 atom stereocenters. The molecule has 0 saturated heterocycles. The minimum absolute atomic E-state index is 0.121. The van der Waals surface area contributed by atoms with Crippen LogP contribution >= 0.6 is 23.2 Å². The van der Waals surface area contributed by atoms with Gasteiger partial charge in [0.1, 0.15) is 5.69 Å². The van der Waals surface area contributed by atoms with Gasteiger partial charge in [-0.25, -0.2) is 9.97 Å². The Hall–Kier alpha value is -0.750. The molecule has 17 heavy (non-hydrogen) atoms. The third-order valence-electron chi connectivity index (χ3n) is 1.95. The Balaban J connectivity index is 2.93. The van der Waals surface area contributed by atoms with E-state index in [0.717, 1.165) is 12.3 Å². The van der Waals surface area contributed by atoms with Gasteiger partial charge in [-0.3, -0.25) is 0 Å². The van der Waals surface area contributed by atoms with Crippen LogP contribution in [0.4, 0.5) is 19.1 Å². The highest BCUT2D eigenvalue weighted by atomic mass is 35.5. The summed E-state index contributed by atoms with van der Waals surface area (Å²) in [6.07, 6.45) is -3.47.